The number of amides is 1. The van der Waals surface area contributed by atoms with E-state index < -0.39 is 0 Å². The van der Waals surface area contributed by atoms with Gasteiger partial charge in [0.15, 0.2) is 5.78 Å². The number of aromatic hydroxyl groups is 1. The fourth-order valence-electron chi connectivity index (χ4n) is 3.21. The van der Waals surface area contributed by atoms with Gasteiger partial charge in [-0.3, -0.25) is 14.9 Å². The zero-order valence-electron chi connectivity index (χ0n) is 19.1. The summed E-state index contributed by atoms with van der Waals surface area (Å²) in [6.45, 7) is 4.25. The van der Waals surface area contributed by atoms with Crippen molar-refractivity contribution in [1.29, 1.82) is 0 Å². The molecule has 0 saturated heterocycles. The summed E-state index contributed by atoms with van der Waals surface area (Å²) in [5, 5.41) is 25.8. The Bertz CT molecular complexity index is 1140. The number of ether oxygens (including phenoxy) is 2. The highest BCUT2D eigenvalue weighted by Gasteiger charge is 2.15. The summed E-state index contributed by atoms with van der Waals surface area (Å²) in [6.07, 6.45) is 5.07. The number of phenols is 1. The van der Waals surface area contributed by atoms with E-state index in [9.17, 15) is 14.7 Å². The summed E-state index contributed by atoms with van der Waals surface area (Å²) >= 11 is 0. The number of nitrogens with one attached hydrogen (secondary N) is 2. The lowest BCUT2D eigenvalue weighted by Crippen LogP contribution is -2.09. The molecule has 0 aliphatic heterocycles. The minimum Gasteiger partial charge on any atom is -0.507 e. The molecular weight excluding hydrogens is 438 g/mol. The molecule has 1 amide bonds. The lowest BCUT2D eigenvalue weighted by molar-refractivity contribution is -0.111. The van der Waals surface area contributed by atoms with E-state index in [2.05, 4.69) is 25.9 Å². The first kappa shape index (κ1) is 24.4. The number of rotatable bonds is 12. The average molecular weight is 466 g/mol. The molecule has 10 heteroatoms. The van der Waals surface area contributed by atoms with Gasteiger partial charge in [-0.15, -0.1) is 5.10 Å². The van der Waals surface area contributed by atoms with Crippen molar-refractivity contribution in [3.05, 3.63) is 59.2 Å². The molecule has 10 nitrogen and oxygen atoms in total. The van der Waals surface area contributed by atoms with Crippen molar-refractivity contribution >= 4 is 23.7 Å². The average Bonchev–Trinajstić information content (AvgIpc) is 3.32. The Balaban J connectivity index is 1.48. The molecule has 3 rings (SSSR count). The molecule has 0 aliphatic rings. The van der Waals surface area contributed by atoms with Crippen LogP contribution in [-0.4, -0.2) is 50.6 Å². The van der Waals surface area contributed by atoms with Crippen LogP contribution in [0.3, 0.4) is 0 Å². The first-order valence-corrected chi connectivity index (χ1v) is 10.9. The molecule has 0 unspecified atom stereocenters. The Morgan fingerprint density at radius 3 is 2.74 bits per heavy atom. The molecule has 1 heterocycles. The number of ketones is 1. The van der Waals surface area contributed by atoms with Crippen molar-refractivity contribution < 1.29 is 24.2 Å². The normalized spacial score (nSPS) is 10.9. The van der Waals surface area contributed by atoms with Crippen molar-refractivity contribution in [3.8, 4) is 17.2 Å². The van der Waals surface area contributed by atoms with Gasteiger partial charge in [-0.2, -0.15) is 5.21 Å². The molecule has 0 radical (unpaired) electrons. The summed E-state index contributed by atoms with van der Waals surface area (Å²) in [5.41, 5.74) is 1.75. The van der Waals surface area contributed by atoms with E-state index in [0.29, 0.717) is 48.7 Å². The molecule has 34 heavy (non-hydrogen) atoms. The molecule has 0 saturated carbocycles. The molecule has 2 aromatic carbocycles. The van der Waals surface area contributed by atoms with Crippen LogP contribution in [0.5, 0.6) is 17.2 Å². The summed E-state index contributed by atoms with van der Waals surface area (Å²) < 4.78 is 11.6. The number of nitrogens with zero attached hydrogens (tertiary/aromatic N) is 3. The van der Waals surface area contributed by atoms with Crippen LogP contribution >= 0.6 is 0 Å². The first-order valence-electron chi connectivity index (χ1n) is 10.9. The van der Waals surface area contributed by atoms with Gasteiger partial charge in [0.05, 0.1) is 18.8 Å². The molecule has 1 aromatic heterocycles. The number of Topliss-reactive ketones (excluding diaryl/α,β-unsaturated/α-hetero) is 1. The zero-order chi connectivity index (χ0) is 24.3. The monoisotopic (exact) mass is 465 g/mol. The number of tetrazole rings is 1. The Morgan fingerprint density at radius 2 is 2.00 bits per heavy atom. The van der Waals surface area contributed by atoms with Crippen molar-refractivity contribution in [2.75, 3.05) is 18.5 Å². The Kier molecular flexibility index (Phi) is 8.73. The molecule has 0 fully saturated rings. The van der Waals surface area contributed by atoms with Gasteiger partial charge in [-0.25, -0.2) is 0 Å². The van der Waals surface area contributed by atoms with Crippen molar-refractivity contribution in [3.63, 3.8) is 0 Å². The molecule has 0 atom stereocenters. The molecule has 178 valence electrons. The molecule has 3 N–H and O–H groups in total. The third-order valence-electron chi connectivity index (χ3n) is 4.80. The van der Waals surface area contributed by atoms with Gasteiger partial charge in [0.25, 0.3) is 11.9 Å². The van der Waals surface area contributed by atoms with Crippen LogP contribution in [0.25, 0.3) is 6.08 Å². The number of aromatic amines is 1. The molecule has 0 spiro atoms. The largest absolute Gasteiger partial charge is 0.507 e. The number of benzene rings is 2. The second-order valence-corrected chi connectivity index (χ2v) is 7.43. The predicted molar refractivity (Wildman–Crippen MR) is 126 cm³/mol. The number of carbonyl (C=O) groups is 2. The predicted octanol–water partition coefficient (Wildman–Crippen LogP) is 3.56. The molecule has 0 bridgehead atoms. The summed E-state index contributed by atoms with van der Waals surface area (Å²) in [6, 6.07) is 10.6. The number of hydrogen-bond acceptors (Lipinski definition) is 8. The van der Waals surface area contributed by atoms with Crippen molar-refractivity contribution in [2.45, 2.75) is 33.1 Å². The van der Waals surface area contributed by atoms with Crippen LogP contribution < -0.4 is 14.8 Å². The maximum Gasteiger partial charge on any atom is 0.270 e. The van der Waals surface area contributed by atoms with Gasteiger partial charge < -0.3 is 14.6 Å². The highest BCUT2D eigenvalue weighted by Crippen LogP contribution is 2.33. The van der Waals surface area contributed by atoms with Gasteiger partial charge >= 0.3 is 0 Å². The van der Waals surface area contributed by atoms with Gasteiger partial charge in [-0.1, -0.05) is 30.6 Å². The standard InChI is InChI=1S/C24H27N5O5/c1-3-6-20-21(11-10-19(16(2)30)23(20)32)34-14-5-13-33-18-8-4-7-17(15-18)9-12-22(31)25-24-26-28-29-27-24/h4,7-12,15,32H,3,5-6,13-14H2,1-2H3,(H2,25,26,27,28,29,31). The van der Waals surface area contributed by atoms with E-state index in [-0.39, 0.29) is 23.4 Å². The summed E-state index contributed by atoms with van der Waals surface area (Å²) in [4.78, 5) is 23.6. The summed E-state index contributed by atoms with van der Waals surface area (Å²) in [5.74, 6) is 0.778. The molecular formula is C24H27N5O5. The fraction of sp³-hybridized carbons (Fsp3) is 0.292. The third kappa shape index (κ3) is 6.89. The molecule has 0 aliphatic carbocycles. The van der Waals surface area contributed by atoms with E-state index in [0.717, 1.165) is 12.0 Å². The van der Waals surface area contributed by atoms with E-state index in [1.54, 1.807) is 18.2 Å². The van der Waals surface area contributed by atoms with E-state index in [1.165, 1.54) is 13.0 Å². The Morgan fingerprint density at radius 1 is 1.18 bits per heavy atom. The van der Waals surface area contributed by atoms with Crippen LogP contribution in [0.4, 0.5) is 5.95 Å². The third-order valence-corrected chi connectivity index (χ3v) is 4.80. The minimum absolute atomic E-state index is 0.000979. The van der Waals surface area contributed by atoms with Crippen LogP contribution in [0.15, 0.2) is 42.5 Å². The van der Waals surface area contributed by atoms with Crippen LogP contribution in [0.2, 0.25) is 0 Å². The van der Waals surface area contributed by atoms with Crippen molar-refractivity contribution in [1.82, 2.24) is 20.6 Å². The SMILES string of the molecule is CCCc1c(OCCCOc2cccc(C=CC(=O)Nc3nn[nH]n3)c2)ccc(C(C)=O)c1O. The van der Waals surface area contributed by atoms with Gasteiger partial charge in [0.2, 0.25) is 0 Å². The first-order chi connectivity index (χ1) is 16.5. The lowest BCUT2D eigenvalue weighted by Gasteiger charge is -2.15. The minimum atomic E-state index is -0.380. The van der Waals surface area contributed by atoms with Gasteiger partial charge in [-0.05, 0) is 54.5 Å². The Labute approximate surface area is 197 Å². The fourth-order valence-corrected chi connectivity index (χ4v) is 3.21. The topological polar surface area (TPSA) is 139 Å². The number of carbonyl (C=O) groups excluding carboxylic acids is 2. The lowest BCUT2D eigenvalue weighted by atomic mass is 10.0. The zero-order valence-corrected chi connectivity index (χ0v) is 19.1. The maximum absolute atomic E-state index is 11.9. The number of anilines is 1. The smallest absolute Gasteiger partial charge is 0.270 e. The maximum atomic E-state index is 11.9. The van der Waals surface area contributed by atoms with E-state index in [4.69, 9.17) is 9.47 Å². The van der Waals surface area contributed by atoms with Crippen LogP contribution in [0.1, 0.15) is 48.2 Å². The number of H-pyrrole nitrogens is 1. The number of aromatic nitrogens is 4. The number of phenolic OH excluding ortho intramolecular Hbond substituents is 1. The number of hydrogen-bond donors (Lipinski definition) is 3. The van der Waals surface area contributed by atoms with Gasteiger partial charge in [0, 0.05) is 18.1 Å². The van der Waals surface area contributed by atoms with Crippen LogP contribution in [0, 0.1) is 0 Å². The second kappa shape index (κ2) is 12.1. The highest BCUT2D eigenvalue weighted by molar-refractivity contribution is 6.00. The van der Waals surface area contributed by atoms with Crippen LogP contribution in [-0.2, 0) is 11.2 Å². The highest BCUT2D eigenvalue weighted by atomic mass is 16.5. The van der Waals surface area contributed by atoms with E-state index >= 15 is 0 Å². The van der Waals surface area contributed by atoms with E-state index in [1.807, 2.05) is 31.2 Å². The Hall–Kier alpha value is -4.21. The van der Waals surface area contributed by atoms with Gasteiger partial charge in [0.1, 0.15) is 17.2 Å². The van der Waals surface area contributed by atoms with Crippen molar-refractivity contribution in [2.24, 2.45) is 0 Å². The summed E-state index contributed by atoms with van der Waals surface area (Å²) in [7, 11) is 0. The second-order valence-electron chi connectivity index (χ2n) is 7.43. The quantitative estimate of drug-likeness (QED) is 0.210. The molecule has 3 aromatic rings.